The number of rotatable bonds is 0. The Bertz CT molecular complexity index is 322. The second kappa shape index (κ2) is 2.81. The zero-order valence-corrected chi connectivity index (χ0v) is 7.66. The van der Waals surface area contributed by atoms with E-state index in [4.69, 9.17) is 0 Å². The molecule has 2 unspecified atom stereocenters. The molecule has 0 saturated carbocycles. The molecular weight excluding hydrogens is 160 g/mol. The quantitative estimate of drug-likeness (QED) is 0.647. The zero-order valence-electron chi connectivity index (χ0n) is 7.66. The normalized spacial score (nSPS) is 31.1. The van der Waals surface area contributed by atoms with Gasteiger partial charge in [-0.2, -0.15) is 0 Å². The van der Waals surface area contributed by atoms with Gasteiger partial charge in [0.2, 0.25) is 0 Å². The van der Waals surface area contributed by atoms with Crippen molar-refractivity contribution in [3.63, 3.8) is 0 Å². The minimum atomic E-state index is 0.560. The summed E-state index contributed by atoms with van der Waals surface area (Å²) in [6.45, 7) is 1.17. The summed E-state index contributed by atoms with van der Waals surface area (Å²) in [7, 11) is 0. The molecule has 0 bridgehead atoms. The van der Waals surface area contributed by atoms with Gasteiger partial charge in [0.25, 0.3) is 0 Å². The third-order valence-electron chi connectivity index (χ3n) is 3.36. The van der Waals surface area contributed by atoms with Gasteiger partial charge in [-0.3, -0.25) is 4.98 Å². The average Bonchev–Trinajstić information content (AvgIpc) is 2.65. The van der Waals surface area contributed by atoms with Crippen LogP contribution in [-0.4, -0.2) is 11.5 Å². The highest BCUT2D eigenvalue weighted by Gasteiger charge is 2.33. The lowest BCUT2D eigenvalue weighted by atomic mass is 9.83. The summed E-state index contributed by atoms with van der Waals surface area (Å²) in [5.74, 6) is 0.849. The molecule has 2 heteroatoms. The standard InChI is InChI=1S/C11H14N2/c1-2-8-3-4-9-5-7-13-11(9)10(8)12-6-1/h1-2,6,9,11,13H,3-5,7H2. The van der Waals surface area contributed by atoms with Crippen LogP contribution in [0.5, 0.6) is 0 Å². The molecule has 0 spiro atoms. The number of hydrogen-bond acceptors (Lipinski definition) is 2. The number of hydrogen-bond donors (Lipinski definition) is 1. The van der Waals surface area contributed by atoms with Crippen LogP contribution in [0.25, 0.3) is 0 Å². The first kappa shape index (κ1) is 7.51. The SMILES string of the molecule is c1cnc2c(c1)CCC1CCNC21. The van der Waals surface area contributed by atoms with E-state index < -0.39 is 0 Å². The maximum atomic E-state index is 4.50. The fourth-order valence-corrected chi connectivity index (χ4v) is 2.67. The molecule has 68 valence electrons. The summed E-state index contributed by atoms with van der Waals surface area (Å²) < 4.78 is 0. The predicted molar refractivity (Wildman–Crippen MR) is 51.4 cm³/mol. The Hall–Kier alpha value is -0.890. The third kappa shape index (κ3) is 1.09. The minimum absolute atomic E-state index is 0.560. The van der Waals surface area contributed by atoms with E-state index in [-0.39, 0.29) is 0 Å². The Morgan fingerprint density at radius 2 is 2.38 bits per heavy atom. The highest BCUT2D eigenvalue weighted by molar-refractivity contribution is 5.27. The smallest absolute Gasteiger partial charge is 0.0607 e. The average molecular weight is 174 g/mol. The second-order valence-electron chi connectivity index (χ2n) is 4.07. The summed E-state index contributed by atoms with van der Waals surface area (Å²) in [5.41, 5.74) is 2.77. The molecule has 1 aliphatic heterocycles. The van der Waals surface area contributed by atoms with E-state index in [0.717, 1.165) is 5.92 Å². The van der Waals surface area contributed by atoms with E-state index in [1.54, 1.807) is 0 Å². The number of aromatic nitrogens is 1. The molecule has 0 radical (unpaired) electrons. The Morgan fingerprint density at radius 1 is 1.38 bits per heavy atom. The van der Waals surface area contributed by atoms with Crippen LogP contribution in [-0.2, 0) is 6.42 Å². The molecule has 0 amide bonds. The number of fused-ring (bicyclic) bond motifs is 3. The molecule has 2 heterocycles. The molecule has 13 heavy (non-hydrogen) atoms. The van der Waals surface area contributed by atoms with Crippen LogP contribution in [0.4, 0.5) is 0 Å². The van der Waals surface area contributed by atoms with Gasteiger partial charge in [-0.15, -0.1) is 0 Å². The van der Waals surface area contributed by atoms with Crippen molar-refractivity contribution in [2.75, 3.05) is 6.54 Å². The van der Waals surface area contributed by atoms with E-state index in [0.29, 0.717) is 6.04 Å². The number of nitrogens with one attached hydrogen (secondary N) is 1. The monoisotopic (exact) mass is 174 g/mol. The molecule has 1 aliphatic carbocycles. The summed E-state index contributed by atoms with van der Waals surface area (Å²) in [5, 5.41) is 3.55. The Balaban J connectivity index is 2.06. The van der Waals surface area contributed by atoms with Crippen LogP contribution in [0.15, 0.2) is 18.3 Å². The Morgan fingerprint density at radius 3 is 3.38 bits per heavy atom. The molecule has 2 nitrogen and oxygen atoms in total. The van der Waals surface area contributed by atoms with Crippen molar-refractivity contribution in [1.82, 2.24) is 10.3 Å². The van der Waals surface area contributed by atoms with Crippen molar-refractivity contribution in [3.05, 3.63) is 29.6 Å². The van der Waals surface area contributed by atoms with E-state index >= 15 is 0 Å². The Labute approximate surface area is 78.4 Å². The molecular formula is C11H14N2. The maximum absolute atomic E-state index is 4.50. The van der Waals surface area contributed by atoms with Crippen LogP contribution in [0.2, 0.25) is 0 Å². The Kier molecular flexibility index (Phi) is 1.62. The van der Waals surface area contributed by atoms with Gasteiger partial charge in [0, 0.05) is 6.20 Å². The summed E-state index contributed by atoms with van der Waals surface area (Å²) in [4.78, 5) is 4.50. The van der Waals surface area contributed by atoms with Gasteiger partial charge >= 0.3 is 0 Å². The van der Waals surface area contributed by atoms with Gasteiger partial charge in [0.15, 0.2) is 0 Å². The van der Waals surface area contributed by atoms with Crippen molar-refractivity contribution < 1.29 is 0 Å². The van der Waals surface area contributed by atoms with Gasteiger partial charge in [-0.05, 0) is 43.4 Å². The molecule has 1 aromatic heterocycles. The van der Waals surface area contributed by atoms with Gasteiger partial charge < -0.3 is 5.32 Å². The largest absolute Gasteiger partial charge is 0.308 e. The molecule has 2 atom stereocenters. The maximum Gasteiger partial charge on any atom is 0.0607 e. The predicted octanol–water partition coefficient (Wildman–Crippen LogP) is 1.68. The van der Waals surface area contributed by atoms with Crippen molar-refractivity contribution in [1.29, 1.82) is 0 Å². The van der Waals surface area contributed by atoms with E-state index in [2.05, 4.69) is 16.4 Å². The summed E-state index contributed by atoms with van der Waals surface area (Å²) >= 11 is 0. The summed E-state index contributed by atoms with van der Waals surface area (Å²) in [6, 6.07) is 4.83. The van der Waals surface area contributed by atoms with Crippen LogP contribution < -0.4 is 5.32 Å². The van der Waals surface area contributed by atoms with Gasteiger partial charge in [-0.25, -0.2) is 0 Å². The van der Waals surface area contributed by atoms with Crippen molar-refractivity contribution in [2.24, 2.45) is 5.92 Å². The minimum Gasteiger partial charge on any atom is -0.308 e. The van der Waals surface area contributed by atoms with E-state index in [1.165, 1.54) is 37.1 Å². The number of aryl methyl sites for hydroxylation is 1. The fourth-order valence-electron chi connectivity index (χ4n) is 2.67. The van der Waals surface area contributed by atoms with E-state index in [1.807, 2.05) is 12.3 Å². The first-order valence-electron chi connectivity index (χ1n) is 5.12. The molecule has 1 fully saturated rings. The van der Waals surface area contributed by atoms with Crippen molar-refractivity contribution in [2.45, 2.75) is 25.3 Å². The first-order chi connectivity index (χ1) is 6.45. The van der Waals surface area contributed by atoms with Crippen molar-refractivity contribution in [3.8, 4) is 0 Å². The van der Waals surface area contributed by atoms with E-state index in [9.17, 15) is 0 Å². The molecule has 1 N–H and O–H groups in total. The van der Waals surface area contributed by atoms with Crippen LogP contribution in [0, 0.1) is 5.92 Å². The first-order valence-corrected chi connectivity index (χ1v) is 5.12. The fraction of sp³-hybridized carbons (Fsp3) is 0.545. The molecule has 0 aromatic carbocycles. The lowest BCUT2D eigenvalue weighted by Gasteiger charge is -2.26. The lowest BCUT2D eigenvalue weighted by molar-refractivity contribution is 0.396. The second-order valence-corrected chi connectivity index (χ2v) is 4.07. The van der Waals surface area contributed by atoms with Gasteiger partial charge in [-0.1, -0.05) is 6.07 Å². The van der Waals surface area contributed by atoms with Crippen LogP contribution >= 0.6 is 0 Å². The lowest BCUT2D eigenvalue weighted by Crippen LogP contribution is -2.24. The van der Waals surface area contributed by atoms with Gasteiger partial charge in [0.1, 0.15) is 0 Å². The topological polar surface area (TPSA) is 24.9 Å². The van der Waals surface area contributed by atoms with Crippen LogP contribution in [0.1, 0.15) is 30.1 Å². The molecule has 2 aliphatic rings. The van der Waals surface area contributed by atoms with Crippen LogP contribution in [0.3, 0.4) is 0 Å². The number of pyridine rings is 1. The van der Waals surface area contributed by atoms with Crippen molar-refractivity contribution >= 4 is 0 Å². The molecule has 3 rings (SSSR count). The highest BCUT2D eigenvalue weighted by atomic mass is 15.0. The highest BCUT2D eigenvalue weighted by Crippen LogP contribution is 2.37. The molecule has 1 aromatic rings. The summed E-state index contributed by atoms with van der Waals surface area (Å²) in [6.07, 6.45) is 5.82. The van der Waals surface area contributed by atoms with Gasteiger partial charge in [0.05, 0.1) is 11.7 Å². The third-order valence-corrected chi connectivity index (χ3v) is 3.36. The zero-order chi connectivity index (χ0) is 8.67. The molecule has 1 saturated heterocycles. The number of nitrogens with zero attached hydrogens (tertiary/aromatic N) is 1.